The summed E-state index contributed by atoms with van der Waals surface area (Å²) in [7, 11) is 0. The predicted molar refractivity (Wildman–Crippen MR) is 73.5 cm³/mol. The van der Waals surface area contributed by atoms with Crippen LogP contribution in [0.5, 0.6) is 0 Å². The van der Waals surface area contributed by atoms with E-state index < -0.39 is 0 Å². The molecule has 0 saturated carbocycles. The molecule has 0 unspecified atom stereocenters. The summed E-state index contributed by atoms with van der Waals surface area (Å²) in [5.74, 6) is 0. The van der Waals surface area contributed by atoms with Gasteiger partial charge in [0.05, 0.1) is 11.7 Å². The molecule has 92 valence electrons. The maximum absolute atomic E-state index is 4.17. The molecule has 0 saturated heterocycles. The lowest BCUT2D eigenvalue weighted by atomic mass is 9.74. The van der Waals surface area contributed by atoms with Crippen molar-refractivity contribution in [1.29, 1.82) is 0 Å². The first kappa shape index (κ1) is 12.2. The average Bonchev–Trinajstić information content (AvgIpc) is 2.59. The van der Waals surface area contributed by atoms with Crippen LogP contribution in [0, 0.1) is 0 Å². The quantitative estimate of drug-likeness (QED) is 0.723. The second-order valence-electron chi connectivity index (χ2n) is 6.82. The second-order valence-corrected chi connectivity index (χ2v) is 6.82. The highest BCUT2D eigenvalue weighted by Gasteiger charge is 2.27. The van der Waals surface area contributed by atoms with Crippen molar-refractivity contribution in [2.75, 3.05) is 0 Å². The second kappa shape index (κ2) is 3.59. The minimum Gasteiger partial charge on any atom is -0.278 e. The van der Waals surface area contributed by atoms with Crippen LogP contribution >= 0.6 is 0 Å². The number of aromatic amines is 1. The van der Waals surface area contributed by atoms with Crippen molar-refractivity contribution < 1.29 is 0 Å². The van der Waals surface area contributed by atoms with E-state index in [9.17, 15) is 0 Å². The summed E-state index contributed by atoms with van der Waals surface area (Å²) in [6, 6.07) is 4.37. The lowest BCUT2D eigenvalue weighted by Gasteiger charge is -2.30. The molecule has 17 heavy (non-hydrogen) atoms. The van der Waals surface area contributed by atoms with Gasteiger partial charge >= 0.3 is 0 Å². The summed E-state index contributed by atoms with van der Waals surface area (Å²) in [6.07, 6.45) is 1.95. The summed E-state index contributed by atoms with van der Waals surface area (Å²) >= 11 is 0. The number of hydrogen-bond donors (Lipinski definition) is 1. The van der Waals surface area contributed by atoms with E-state index in [2.05, 4.69) is 63.9 Å². The molecule has 2 aromatic rings. The van der Waals surface area contributed by atoms with E-state index in [4.69, 9.17) is 0 Å². The molecule has 2 nitrogen and oxygen atoms in total. The first-order valence-corrected chi connectivity index (χ1v) is 6.18. The van der Waals surface area contributed by atoms with Crippen LogP contribution in [-0.2, 0) is 10.8 Å². The van der Waals surface area contributed by atoms with E-state index in [1.54, 1.807) is 0 Å². The third-order valence-corrected chi connectivity index (χ3v) is 3.18. The average molecular weight is 230 g/mol. The van der Waals surface area contributed by atoms with Gasteiger partial charge in [0.1, 0.15) is 0 Å². The number of fused-ring (bicyclic) bond motifs is 1. The van der Waals surface area contributed by atoms with Crippen LogP contribution in [-0.4, -0.2) is 10.2 Å². The smallest absolute Gasteiger partial charge is 0.0653 e. The molecule has 0 aliphatic carbocycles. The van der Waals surface area contributed by atoms with E-state index in [1.807, 2.05) is 6.20 Å². The Bertz CT molecular complexity index is 536. The molecule has 0 radical (unpaired) electrons. The van der Waals surface area contributed by atoms with Crippen LogP contribution in [0.1, 0.15) is 52.7 Å². The molecule has 2 rings (SSSR count). The van der Waals surface area contributed by atoms with Crippen molar-refractivity contribution in [3.8, 4) is 0 Å². The molecule has 2 heteroatoms. The van der Waals surface area contributed by atoms with Gasteiger partial charge in [0.25, 0.3) is 0 Å². The third kappa shape index (κ3) is 2.08. The van der Waals surface area contributed by atoms with Gasteiger partial charge in [-0.05, 0) is 28.0 Å². The summed E-state index contributed by atoms with van der Waals surface area (Å²) in [5, 5.41) is 8.49. The zero-order valence-electron chi connectivity index (χ0n) is 11.7. The van der Waals surface area contributed by atoms with Gasteiger partial charge in [-0.3, -0.25) is 5.10 Å². The number of hydrogen-bond acceptors (Lipinski definition) is 1. The third-order valence-electron chi connectivity index (χ3n) is 3.18. The molecule has 1 aromatic heterocycles. The Morgan fingerprint density at radius 2 is 1.59 bits per heavy atom. The Balaban J connectivity index is 2.85. The van der Waals surface area contributed by atoms with Crippen LogP contribution in [0.2, 0.25) is 0 Å². The van der Waals surface area contributed by atoms with E-state index in [0.717, 1.165) is 5.52 Å². The van der Waals surface area contributed by atoms with Crippen molar-refractivity contribution in [2.24, 2.45) is 0 Å². The molecular weight excluding hydrogens is 208 g/mol. The van der Waals surface area contributed by atoms with Crippen LogP contribution in [0.3, 0.4) is 0 Å². The molecule has 0 fully saturated rings. The largest absolute Gasteiger partial charge is 0.278 e. The fraction of sp³-hybridized carbons (Fsp3) is 0.533. The number of nitrogens with one attached hydrogen (secondary N) is 1. The maximum atomic E-state index is 4.17. The van der Waals surface area contributed by atoms with Gasteiger partial charge in [0.15, 0.2) is 0 Å². The minimum atomic E-state index is 0.131. The lowest BCUT2D eigenvalue weighted by Crippen LogP contribution is -2.22. The molecule has 0 aliphatic rings. The minimum absolute atomic E-state index is 0.131. The predicted octanol–water partition coefficient (Wildman–Crippen LogP) is 4.16. The van der Waals surface area contributed by atoms with Gasteiger partial charge in [-0.1, -0.05) is 47.6 Å². The number of nitrogens with zero attached hydrogens (tertiary/aromatic N) is 1. The maximum Gasteiger partial charge on any atom is 0.0653 e. The fourth-order valence-electron chi connectivity index (χ4n) is 2.45. The highest BCUT2D eigenvalue weighted by molar-refractivity contribution is 5.84. The van der Waals surface area contributed by atoms with Crippen LogP contribution in [0.4, 0.5) is 0 Å². The molecule has 0 atom stereocenters. The number of rotatable bonds is 0. The molecule has 0 aliphatic heterocycles. The van der Waals surface area contributed by atoms with Crippen molar-refractivity contribution in [2.45, 2.75) is 52.4 Å². The zero-order valence-corrected chi connectivity index (χ0v) is 11.7. The van der Waals surface area contributed by atoms with Gasteiger partial charge in [-0.2, -0.15) is 5.10 Å². The van der Waals surface area contributed by atoms with Gasteiger partial charge in [-0.25, -0.2) is 0 Å². The summed E-state index contributed by atoms with van der Waals surface area (Å²) in [5.41, 5.74) is 4.25. The zero-order chi connectivity index (χ0) is 12.8. The van der Waals surface area contributed by atoms with Crippen molar-refractivity contribution in [3.63, 3.8) is 0 Å². The van der Waals surface area contributed by atoms with Crippen LogP contribution < -0.4 is 0 Å². The van der Waals surface area contributed by atoms with Gasteiger partial charge in [0.2, 0.25) is 0 Å². The summed E-state index contributed by atoms with van der Waals surface area (Å²) < 4.78 is 0. The van der Waals surface area contributed by atoms with Crippen molar-refractivity contribution in [1.82, 2.24) is 10.2 Å². The highest BCUT2D eigenvalue weighted by atomic mass is 15.1. The molecule has 0 amide bonds. The van der Waals surface area contributed by atoms with Crippen LogP contribution in [0.15, 0.2) is 18.3 Å². The molecule has 1 aromatic carbocycles. The van der Waals surface area contributed by atoms with Crippen molar-refractivity contribution in [3.05, 3.63) is 29.5 Å². The summed E-state index contributed by atoms with van der Waals surface area (Å²) in [4.78, 5) is 0. The first-order valence-electron chi connectivity index (χ1n) is 6.18. The van der Waals surface area contributed by atoms with Crippen molar-refractivity contribution >= 4 is 10.9 Å². The number of H-pyrrole nitrogens is 1. The Morgan fingerprint density at radius 3 is 2.12 bits per heavy atom. The normalized spacial score (nSPS) is 13.3. The van der Waals surface area contributed by atoms with Gasteiger partial charge in [0, 0.05) is 5.39 Å². The number of aromatic nitrogens is 2. The van der Waals surface area contributed by atoms with E-state index in [-0.39, 0.29) is 10.8 Å². The number of benzene rings is 1. The van der Waals surface area contributed by atoms with E-state index >= 15 is 0 Å². The topological polar surface area (TPSA) is 28.7 Å². The van der Waals surface area contributed by atoms with Gasteiger partial charge in [-0.15, -0.1) is 0 Å². The molecule has 1 heterocycles. The van der Waals surface area contributed by atoms with Crippen LogP contribution in [0.25, 0.3) is 10.9 Å². The monoisotopic (exact) mass is 230 g/mol. The lowest BCUT2D eigenvalue weighted by molar-refractivity contribution is 0.534. The Hall–Kier alpha value is -1.31. The molecular formula is C15H22N2. The molecule has 1 N–H and O–H groups in total. The first-order chi connectivity index (χ1) is 7.71. The van der Waals surface area contributed by atoms with E-state index in [0.29, 0.717) is 0 Å². The van der Waals surface area contributed by atoms with E-state index in [1.165, 1.54) is 16.5 Å². The summed E-state index contributed by atoms with van der Waals surface area (Å²) in [6.45, 7) is 13.6. The van der Waals surface area contributed by atoms with Gasteiger partial charge < -0.3 is 0 Å². The Kier molecular flexibility index (Phi) is 2.57. The molecule has 0 spiro atoms. The standard InChI is InChI=1S/C15H22N2/c1-14(2,3)11-7-8-12-10(9-16-17-12)13(11)15(4,5)6/h7-9H,1-6H3,(H,16,17). The molecule has 0 bridgehead atoms. The Morgan fingerprint density at radius 1 is 0.941 bits per heavy atom. The Labute approximate surface area is 103 Å². The SMILES string of the molecule is CC(C)(C)c1ccc2[nH]ncc2c1C(C)(C)C. The fourth-order valence-corrected chi connectivity index (χ4v) is 2.45. The highest BCUT2D eigenvalue weighted by Crippen LogP contribution is 2.38.